The van der Waals surface area contributed by atoms with Crippen LogP contribution in [0.25, 0.3) is 11.2 Å². The maximum atomic E-state index is 12.6. The van der Waals surface area contributed by atoms with Gasteiger partial charge in [-0.05, 0) is 0 Å². The molecule has 3 rings (SSSR count). The number of imidazole rings is 1. The second-order valence-corrected chi connectivity index (χ2v) is 17.8. The number of nitrogens with two attached hydrogens (primary N) is 1. The van der Waals surface area contributed by atoms with Crippen LogP contribution in [0.3, 0.4) is 0 Å². The van der Waals surface area contributed by atoms with E-state index in [9.17, 15) is 53.1 Å². The van der Waals surface area contributed by atoms with Crippen molar-refractivity contribution in [3.63, 3.8) is 0 Å². The van der Waals surface area contributed by atoms with Crippen molar-refractivity contribution >= 4 is 79.6 Å². The molecule has 0 bridgehead atoms. The minimum absolute atomic E-state index is 0.0140. The number of nitrogens with one attached hydrogen (secondary N) is 2. The van der Waals surface area contributed by atoms with Crippen LogP contribution in [-0.4, -0.2) is 130 Å². The maximum Gasteiger partial charge on any atom is 0.665 e. The molecule has 0 aromatic carbocycles. The predicted molar refractivity (Wildman–Crippen MR) is 166 cm³/mol. The first-order valence-electron chi connectivity index (χ1n) is 13.7. The second kappa shape index (κ2) is 16.6. The summed E-state index contributed by atoms with van der Waals surface area (Å²) in [5, 5.41) is 26.2. The van der Waals surface area contributed by atoms with Gasteiger partial charge in [-0.3, -0.25) is 23.2 Å². The lowest BCUT2D eigenvalue weighted by Crippen LogP contribution is -2.46. The average molecular weight is 782 g/mol. The van der Waals surface area contributed by atoms with E-state index >= 15 is 0 Å². The van der Waals surface area contributed by atoms with Gasteiger partial charge < -0.3 is 53.5 Å². The molecule has 3 heterocycles. The number of fused-ring (bicyclic) bond motifs is 1. The van der Waals surface area contributed by atoms with E-state index in [1.165, 1.54) is 23.7 Å². The molecule has 1 aliphatic heterocycles. The fourth-order valence-corrected chi connectivity index (χ4v) is 9.70. The lowest BCUT2D eigenvalue weighted by atomic mass is 9.87. The average Bonchev–Trinajstić information content (AvgIpc) is 3.54. The molecule has 0 radical (unpaired) electrons. The highest BCUT2D eigenvalue weighted by atomic mass is 32.1. The molecule has 2 amide bonds. The highest BCUT2D eigenvalue weighted by Gasteiger charge is 2.56. The van der Waals surface area contributed by atoms with Crippen LogP contribution in [0.15, 0.2) is 12.7 Å². The zero-order valence-electron chi connectivity index (χ0n) is 25.2. The number of hydrogen-bond donors (Lipinski definition) is 10. The quantitative estimate of drug-likeness (QED) is 0.0432. The van der Waals surface area contributed by atoms with Gasteiger partial charge in [0.05, 0.1) is 30.6 Å². The molecule has 23 nitrogen and oxygen atoms in total. The summed E-state index contributed by atoms with van der Waals surface area (Å²) in [6.45, 7) is 0.775. The van der Waals surface area contributed by atoms with E-state index in [1.807, 2.05) is 0 Å². The molecule has 2 aromatic heterocycles. The zero-order valence-corrected chi connectivity index (χ0v) is 29.9. The van der Waals surface area contributed by atoms with E-state index in [-0.39, 0.29) is 35.9 Å². The lowest BCUT2D eigenvalue weighted by molar-refractivity contribution is -0.137. The first-order chi connectivity index (χ1) is 22.2. The van der Waals surface area contributed by atoms with Crippen LogP contribution in [0, 0.1) is 5.41 Å². The number of thiol groups is 1. The van der Waals surface area contributed by atoms with Gasteiger partial charge in [0.25, 0.3) is 0 Å². The molecule has 0 spiro atoms. The van der Waals surface area contributed by atoms with E-state index in [1.54, 1.807) is 0 Å². The van der Waals surface area contributed by atoms with Crippen molar-refractivity contribution in [1.29, 1.82) is 0 Å². The van der Waals surface area contributed by atoms with Crippen molar-refractivity contribution in [2.75, 3.05) is 37.8 Å². The van der Waals surface area contributed by atoms with Gasteiger partial charge in [-0.15, -0.1) is 0 Å². The maximum absolute atomic E-state index is 12.6. The van der Waals surface area contributed by atoms with Crippen LogP contribution >= 0.6 is 36.1 Å². The van der Waals surface area contributed by atoms with Gasteiger partial charge in [0.2, 0.25) is 11.8 Å². The summed E-state index contributed by atoms with van der Waals surface area (Å²) >= 11 is 0.690. The molecule has 28 heteroatoms. The van der Waals surface area contributed by atoms with Crippen LogP contribution in [0.2, 0.25) is 0 Å². The van der Waals surface area contributed by atoms with Gasteiger partial charge in [0.1, 0.15) is 29.7 Å². The third kappa shape index (κ3) is 11.5. The summed E-state index contributed by atoms with van der Waals surface area (Å²) in [6.07, 6.45) is -3.15. The highest BCUT2D eigenvalue weighted by Crippen LogP contribution is 2.61. The zero-order chi connectivity index (χ0) is 36.1. The fourth-order valence-electron chi connectivity index (χ4n) is 4.14. The minimum atomic E-state index is -5.52. The van der Waals surface area contributed by atoms with E-state index in [4.69, 9.17) is 18.6 Å². The molecule has 0 aliphatic carbocycles. The summed E-state index contributed by atoms with van der Waals surface area (Å²) in [5.41, 5.74) is 4.42. The monoisotopic (exact) mass is 781 g/mol. The van der Waals surface area contributed by atoms with Gasteiger partial charge in [0.15, 0.2) is 5.82 Å². The first kappa shape index (κ1) is 40.8. The van der Waals surface area contributed by atoms with Crippen molar-refractivity contribution in [1.82, 2.24) is 29.1 Å². The Morgan fingerprint density at radius 2 is 1.79 bits per heavy atom. The van der Waals surface area contributed by atoms with Crippen LogP contribution < -0.4 is 16.4 Å². The van der Waals surface area contributed by atoms with Gasteiger partial charge in [-0.25, -0.2) is 28.6 Å². The normalized spacial score (nSPS) is 21.9. The fraction of sp³-hybridized carbons (Fsp3) is 0.650. The number of amides is 2. The summed E-state index contributed by atoms with van der Waals surface area (Å²) < 4.78 is 62.1. The smallest absolute Gasteiger partial charge is 0.476 e. The standard InChI is InChI=1S/C15H31N2O16P3S.C5H4N5.Al/c1-15(2,13(21)14(22)17-4-3-12(20)16-5-6-37)9-31-36(28,29)33-35(26,27)30-8-10(19)11(7-18)32-34(23,24)25;6-4-3-5(9-1-7-3)10-2-8-4;/h7,10-11,13,18,21,37H,3-6,8-9H2,1-2H3,(H,16,20)(H,17,22)(H,26,27)(H,28,29)(H2,23,24,25);1-2H,(H2-,6,7,8,9,10);/q2*-1;+2/t10-,11+,13+;;/m1../s1. The lowest BCUT2D eigenvalue weighted by Gasteiger charge is -2.30. The molecule has 270 valence electrons. The molecule has 1 aliphatic rings. The summed E-state index contributed by atoms with van der Waals surface area (Å²) in [4.78, 5) is 73.0. The molecule has 1 saturated heterocycles. The number of hydrogen-bond acceptors (Lipinski definition) is 17. The van der Waals surface area contributed by atoms with Gasteiger partial charge in [-0.1, -0.05) is 13.8 Å². The molecular weight excluding hydrogens is 746 g/mol. The van der Waals surface area contributed by atoms with Crippen LogP contribution in [0.5, 0.6) is 0 Å². The molecule has 6 atom stereocenters. The van der Waals surface area contributed by atoms with Gasteiger partial charge in [-0.2, -0.15) is 16.9 Å². The Morgan fingerprint density at radius 3 is 2.44 bits per heavy atom. The first-order valence-corrected chi connectivity index (χ1v) is 20.5. The van der Waals surface area contributed by atoms with Crippen LogP contribution in [0.1, 0.15) is 20.3 Å². The number of phosphoric acid groups is 3. The van der Waals surface area contributed by atoms with E-state index in [2.05, 4.69) is 47.0 Å². The number of anilines is 1. The van der Waals surface area contributed by atoms with E-state index < -0.39 is 86.0 Å². The Bertz CT molecular complexity index is 1600. The molecule has 2 aromatic rings. The van der Waals surface area contributed by atoms with Crippen molar-refractivity contribution in [2.24, 2.45) is 5.41 Å². The molecule has 10 N–H and O–H groups in total. The molecule has 1 fully saturated rings. The number of nitrogens with zero attached hydrogens (tertiary/aromatic N) is 4. The Labute approximate surface area is 282 Å². The minimum Gasteiger partial charge on any atom is -0.476 e. The largest absolute Gasteiger partial charge is 0.665 e. The Kier molecular flexibility index (Phi) is 14.1. The predicted octanol–water partition coefficient (Wildman–Crippen LogP) is -2.29. The highest BCUT2D eigenvalue weighted by molar-refractivity contribution is 7.80. The van der Waals surface area contributed by atoms with Crippen molar-refractivity contribution in [3.05, 3.63) is 12.7 Å². The second-order valence-electron chi connectivity index (χ2n) is 10.8. The summed E-state index contributed by atoms with van der Waals surface area (Å²) in [5.74, 6) is -0.914. The number of phosphoric ester groups is 3. The Morgan fingerprint density at radius 1 is 1.12 bits per heavy atom. The number of rotatable bonds is 18. The SMILES string of the molecule is CC(C)(COP(=O)(O)OP(=O)(O)OC[C@H]1[O][Al]([n]2cnc3c(N)ncnc32)[C@H](O)[C@@H]1OP(=O)(O)O)[C@@H](O)C(=O)NCCC(=O)NCCS. The van der Waals surface area contributed by atoms with Crippen LogP contribution in [-0.2, 0) is 45.0 Å². The Hall–Kier alpha value is -1.58. The van der Waals surface area contributed by atoms with E-state index in [0.717, 1.165) is 6.33 Å². The number of aromatic nitrogens is 4. The number of aliphatic hydroxyl groups excluding tert-OH is 2. The number of aliphatic hydroxyl groups is 2. The topological polar surface area (TPSA) is 347 Å². The molecule has 2 unspecified atom stereocenters. The van der Waals surface area contributed by atoms with Crippen molar-refractivity contribution in [2.45, 2.75) is 43.5 Å². The summed E-state index contributed by atoms with van der Waals surface area (Å²) in [7, 11) is -16.3. The molecular formula is C20H35AlN7O16P3S. The van der Waals surface area contributed by atoms with Gasteiger partial charge >= 0.3 is 38.2 Å². The number of carbonyl (C=O) groups excluding carboxylic acids is 2. The Balaban J connectivity index is 1.61. The van der Waals surface area contributed by atoms with Gasteiger partial charge in [0, 0.05) is 30.7 Å². The van der Waals surface area contributed by atoms with Crippen molar-refractivity contribution < 1.29 is 74.7 Å². The summed E-state index contributed by atoms with van der Waals surface area (Å²) in [6, 6.07) is 0. The number of carbonyl (C=O) groups is 2. The van der Waals surface area contributed by atoms with Crippen LogP contribution in [0.4, 0.5) is 5.82 Å². The third-order valence-electron chi connectivity index (χ3n) is 6.51. The van der Waals surface area contributed by atoms with E-state index in [0.29, 0.717) is 12.3 Å². The molecule has 0 saturated carbocycles. The van der Waals surface area contributed by atoms with Crippen molar-refractivity contribution in [3.8, 4) is 0 Å². The molecule has 48 heavy (non-hydrogen) atoms. The third-order valence-corrected chi connectivity index (χ3v) is 12.4. The number of nitrogen functional groups attached to an aromatic ring is 1.